The van der Waals surface area contributed by atoms with Gasteiger partial charge in [0.2, 0.25) is 5.95 Å². The van der Waals surface area contributed by atoms with Crippen LogP contribution in [0.1, 0.15) is 6.92 Å². The number of aryl methyl sites for hydroxylation is 1. The number of pyridine rings is 1. The largest absolute Gasteiger partial charge is 0.364 e. The van der Waals surface area contributed by atoms with Gasteiger partial charge in [-0.1, -0.05) is 0 Å². The fourth-order valence-electron chi connectivity index (χ4n) is 4.01. The fourth-order valence-corrected chi connectivity index (χ4v) is 4.01. The summed E-state index contributed by atoms with van der Waals surface area (Å²) in [5.41, 5.74) is 3.29. The third kappa shape index (κ3) is 4.44. The van der Waals surface area contributed by atoms with E-state index in [-0.39, 0.29) is 17.3 Å². The molecule has 34 heavy (non-hydrogen) atoms. The number of aromatic nitrogens is 5. The molecule has 1 saturated heterocycles. The van der Waals surface area contributed by atoms with Gasteiger partial charge in [0, 0.05) is 74.3 Å². The summed E-state index contributed by atoms with van der Waals surface area (Å²) in [4.78, 5) is 14.7. The maximum atomic E-state index is 14.8. The second-order valence-electron chi connectivity index (χ2n) is 7.90. The van der Waals surface area contributed by atoms with Crippen LogP contribution >= 0.6 is 0 Å². The lowest BCUT2D eigenvalue weighted by Gasteiger charge is -2.30. The first-order chi connectivity index (χ1) is 16.6. The highest BCUT2D eigenvalue weighted by Crippen LogP contribution is 2.31. The molecule has 4 heterocycles. The van der Waals surface area contributed by atoms with Crippen LogP contribution in [0.4, 0.5) is 26.1 Å². The Morgan fingerprint density at radius 1 is 1.09 bits per heavy atom. The molecule has 0 aliphatic carbocycles. The average molecular weight is 463 g/mol. The van der Waals surface area contributed by atoms with Crippen LogP contribution in [0, 0.1) is 11.6 Å². The second kappa shape index (κ2) is 9.52. The molecule has 2 N–H and O–H groups in total. The summed E-state index contributed by atoms with van der Waals surface area (Å²) in [5.74, 6) is -1.01. The van der Waals surface area contributed by atoms with Crippen molar-refractivity contribution < 1.29 is 8.78 Å². The first kappa shape index (κ1) is 21.9. The van der Waals surface area contributed by atoms with Crippen molar-refractivity contribution in [3.05, 3.63) is 66.8 Å². The van der Waals surface area contributed by atoms with E-state index in [1.165, 1.54) is 12.1 Å². The van der Waals surface area contributed by atoms with E-state index in [0.717, 1.165) is 16.8 Å². The van der Waals surface area contributed by atoms with E-state index < -0.39 is 11.6 Å². The molecule has 0 unspecified atom stereocenters. The standard InChI is InChI=1S/C24H24F2N8/c1-2-34-15-18(22(32-34)16-4-3-6-28-14-16)21-5-7-29-24(31-21)30-17-12-19(25)23(20(26)13-17)33-10-8-27-9-11-33/h3-7,12-15,27H,2,8-11H2,1H3,(H,29,30,31). The van der Waals surface area contributed by atoms with Gasteiger partial charge in [-0.2, -0.15) is 5.10 Å². The molecule has 0 bridgehead atoms. The molecule has 3 aromatic heterocycles. The Balaban J connectivity index is 1.44. The zero-order valence-corrected chi connectivity index (χ0v) is 18.7. The van der Waals surface area contributed by atoms with Crippen molar-refractivity contribution in [3.63, 3.8) is 0 Å². The van der Waals surface area contributed by atoms with Gasteiger partial charge in [0.15, 0.2) is 11.6 Å². The van der Waals surface area contributed by atoms with E-state index >= 15 is 0 Å². The third-order valence-electron chi connectivity index (χ3n) is 5.66. The van der Waals surface area contributed by atoms with Crippen LogP contribution in [0.2, 0.25) is 0 Å². The molecule has 1 aliphatic heterocycles. The van der Waals surface area contributed by atoms with Gasteiger partial charge in [-0.3, -0.25) is 9.67 Å². The predicted molar refractivity (Wildman–Crippen MR) is 127 cm³/mol. The number of rotatable bonds is 6. The van der Waals surface area contributed by atoms with Crippen molar-refractivity contribution in [1.82, 2.24) is 30.0 Å². The minimum absolute atomic E-state index is 0.00480. The molecule has 0 spiro atoms. The predicted octanol–water partition coefficient (Wildman–Crippen LogP) is 3.85. The Labute approximate surface area is 195 Å². The first-order valence-corrected chi connectivity index (χ1v) is 11.2. The van der Waals surface area contributed by atoms with E-state index in [0.29, 0.717) is 38.4 Å². The van der Waals surface area contributed by atoms with E-state index in [4.69, 9.17) is 0 Å². The Bertz CT molecular complexity index is 1260. The summed E-state index contributed by atoms with van der Waals surface area (Å²) in [6.45, 7) is 5.18. The van der Waals surface area contributed by atoms with Crippen molar-refractivity contribution in [2.45, 2.75) is 13.5 Å². The Kier molecular flexibility index (Phi) is 6.13. The normalized spacial score (nSPS) is 13.8. The first-order valence-electron chi connectivity index (χ1n) is 11.2. The maximum absolute atomic E-state index is 14.8. The smallest absolute Gasteiger partial charge is 0.227 e. The highest BCUT2D eigenvalue weighted by molar-refractivity contribution is 5.78. The molecule has 0 atom stereocenters. The number of anilines is 3. The summed E-state index contributed by atoms with van der Waals surface area (Å²) >= 11 is 0. The molecule has 174 valence electrons. The summed E-state index contributed by atoms with van der Waals surface area (Å²) in [6.07, 6.45) is 6.97. The van der Waals surface area contributed by atoms with Crippen LogP contribution in [0.15, 0.2) is 55.1 Å². The van der Waals surface area contributed by atoms with E-state index in [1.54, 1.807) is 29.6 Å². The van der Waals surface area contributed by atoms with Crippen molar-refractivity contribution in [3.8, 4) is 22.5 Å². The summed E-state index contributed by atoms with van der Waals surface area (Å²) in [6, 6.07) is 8.10. The fraction of sp³-hybridized carbons (Fsp3) is 0.250. The minimum atomic E-state index is -0.622. The lowest BCUT2D eigenvalue weighted by molar-refractivity contribution is 0.538. The Morgan fingerprint density at radius 3 is 2.59 bits per heavy atom. The van der Waals surface area contributed by atoms with Crippen LogP contribution in [0.25, 0.3) is 22.5 Å². The van der Waals surface area contributed by atoms with Crippen LogP contribution in [-0.4, -0.2) is 50.9 Å². The molecule has 0 radical (unpaired) electrons. The molecule has 1 aromatic carbocycles. The molecule has 10 heteroatoms. The molecule has 5 rings (SSSR count). The van der Waals surface area contributed by atoms with Crippen molar-refractivity contribution in [2.75, 3.05) is 36.4 Å². The van der Waals surface area contributed by atoms with Crippen molar-refractivity contribution in [1.29, 1.82) is 0 Å². The zero-order chi connectivity index (χ0) is 23.5. The molecular weight excluding hydrogens is 438 g/mol. The molecule has 0 amide bonds. The molecule has 1 fully saturated rings. The van der Waals surface area contributed by atoms with Gasteiger partial charge in [0.05, 0.1) is 5.69 Å². The van der Waals surface area contributed by atoms with Crippen LogP contribution in [-0.2, 0) is 6.54 Å². The number of piperazine rings is 1. The Morgan fingerprint density at radius 2 is 1.88 bits per heavy atom. The van der Waals surface area contributed by atoms with Gasteiger partial charge < -0.3 is 15.5 Å². The van der Waals surface area contributed by atoms with Gasteiger partial charge in [-0.25, -0.2) is 18.7 Å². The average Bonchev–Trinajstić information content (AvgIpc) is 3.30. The third-order valence-corrected chi connectivity index (χ3v) is 5.66. The number of nitrogens with zero attached hydrogens (tertiary/aromatic N) is 6. The van der Waals surface area contributed by atoms with E-state index in [9.17, 15) is 8.78 Å². The van der Waals surface area contributed by atoms with Crippen molar-refractivity contribution in [2.24, 2.45) is 0 Å². The summed E-state index contributed by atoms with van der Waals surface area (Å²) < 4.78 is 31.5. The number of hydrogen-bond donors (Lipinski definition) is 2. The molecule has 1 aliphatic rings. The number of nitrogens with one attached hydrogen (secondary N) is 2. The highest BCUT2D eigenvalue weighted by atomic mass is 19.1. The SMILES string of the molecule is CCn1cc(-c2ccnc(Nc3cc(F)c(N4CCNCC4)c(F)c3)n2)c(-c2cccnc2)n1. The van der Waals surface area contributed by atoms with Gasteiger partial charge in [-0.05, 0) is 37.3 Å². The topological polar surface area (TPSA) is 83.8 Å². The maximum Gasteiger partial charge on any atom is 0.227 e. The van der Waals surface area contributed by atoms with Gasteiger partial charge >= 0.3 is 0 Å². The van der Waals surface area contributed by atoms with Crippen LogP contribution in [0.5, 0.6) is 0 Å². The number of halogens is 2. The second-order valence-corrected chi connectivity index (χ2v) is 7.90. The minimum Gasteiger partial charge on any atom is -0.364 e. The van der Waals surface area contributed by atoms with E-state index in [1.807, 2.05) is 29.9 Å². The van der Waals surface area contributed by atoms with Crippen molar-refractivity contribution >= 4 is 17.3 Å². The summed E-state index contributed by atoms with van der Waals surface area (Å²) in [7, 11) is 0. The summed E-state index contributed by atoms with van der Waals surface area (Å²) in [5, 5.41) is 10.8. The monoisotopic (exact) mass is 462 g/mol. The van der Waals surface area contributed by atoms with Crippen LogP contribution < -0.4 is 15.5 Å². The number of hydrogen-bond acceptors (Lipinski definition) is 7. The number of benzene rings is 1. The highest BCUT2D eigenvalue weighted by Gasteiger charge is 2.20. The quantitative estimate of drug-likeness (QED) is 0.450. The molecular formula is C24H24F2N8. The van der Waals surface area contributed by atoms with E-state index in [2.05, 4.69) is 30.7 Å². The molecule has 4 aromatic rings. The zero-order valence-electron chi connectivity index (χ0n) is 18.7. The van der Waals surface area contributed by atoms with Crippen LogP contribution in [0.3, 0.4) is 0 Å². The van der Waals surface area contributed by atoms with Gasteiger partial charge in [0.25, 0.3) is 0 Å². The lowest BCUT2D eigenvalue weighted by atomic mass is 10.1. The lowest BCUT2D eigenvalue weighted by Crippen LogP contribution is -2.44. The molecule has 0 saturated carbocycles. The Hall–Kier alpha value is -3.92. The van der Waals surface area contributed by atoms with Gasteiger partial charge in [-0.15, -0.1) is 0 Å². The molecule has 8 nitrogen and oxygen atoms in total. The van der Waals surface area contributed by atoms with Gasteiger partial charge in [0.1, 0.15) is 11.4 Å².